The van der Waals surface area contributed by atoms with Gasteiger partial charge in [0.1, 0.15) is 0 Å². The fraction of sp³-hybridized carbons (Fsp3) is 0. The van der Waals surface area contributed by atoms with Crippen molar-refractivity contribution >= 4 is 53.9 Å². The third kappa shape index (κ3) is 3.85. The molecule has 0 amide bonds. The van der Waals surface area contributed by atoms with Crippen LogP contribution in [0.5, 0.6) is 0 Å². The molecule has 0 bridgehead atoms. The molecule has 0 saturated carbocycles. The van der Waals surface area contributed by atoms with Gasteiger partial charge in [-0.1, -0.05) is 146 Å². The van der Waals surface area contributed by atoms with Gasteiger partial charge in [-0.15, -0.1) is 0 Å². The zero-order valence-corrected chi connectivity index (χ0v) is 24.2. The van der Waals surface area contributed by atoms with Gasteiger partial charge in [0, 0.05) is 0 Å². The van der Waals surface area contributed by atoms with E-state index >= 15 is 0 Å². The summed E-state index contributed by atoms with van der Waals surface area (Å²) >= 11 is 0. The summed E-state index contributed by atoms with van der Waals surface area (Å²) in [5.41, 5.74) is 7.56. The number of rotatable bonds is 3. The molecule has 0 aliphatic heterocycles. The molecule has 0 saturated heterocycles. The van der Waals surface area contributed by atoms with Gasteiger partial charge in [-0.3, -0.25) is 0 Å². The Morgan fingerprint density at radius 3 is 1.36 bits per heavy atom. The number of benzene rings is 9. The Balaban J connectivity index is 1.33. The Morgan fingerprint density at radius 2 is 0.705 bits per heavy atom. The van der Waals surface area contributed by atoms with Crippen molar-refractivity contribution in [3.8, 4) is 33.4 Å². The maximum absolute atomic E-state index is 2.39. The third-order valence-electron chi connectivity index (χ3n) is 9.18. The Morgan fingerprint density at radius 1 is 0.227 bits per heavy atom. The van der Waals surface area contributed by atoms with E-state index in [9.17, 15) is 0 Å². The lowest BCUT2D eigenvalue weighted by molar-refractivity contribution is 1.64. The highest BCUT2D eigenvalue weighted by atomic mass is 14.2. The first-order valence-electron chi connectivity index (χ1n) is 15.3. The number of fused-ring (bicyclic) bond motifs is 6. The van der Waals surface area contributed by atoms with Crippen LogP contribution in [0.2, 0.25) is 0 Å². The van der Waals surface area contributed by atoms with Gasteiger partial charge in [-0.2, -0.15) is 0 Å². The lowest BCUT2D eigenvalue weighted by atomic mass is 9.85. The molecule has 0 aromatic heterocycles. The van der Waals surface area contributed by atoms with Crippen molar-refractivity contribution in [2.75, 3.05) is 0 Å². The second-order valence-electron chi connectivity index (χ2n) is 11.7. The molecule has 0 aliphatic carbocycles. The summed E-state index contributed by atoms with van der Waals surface area (Å²) in [6.45, 7) is 0. The fourth-order valence-electron chi connectivity index (χ4n) is 7.23. The van der Waals surface area contributed by atoms with E-state index in [-0.39, 0.29) is 0 Å². The van der Waals surface area contributed by atoms with Crippen molar-refractivity contribution in [1.29, 1.82) is 0 Å². The van der Waals surface area contributed by atoms with Crippen LogP contribution in [-0.4, -0.2) is 0 Å². The Bertz CT molecular complexity index is 2480. The van der Waals surface area contributed by atoms with Crippen molar-refractivity contribution < 1.29 is 0 Å². The Hall–Kier alpha value is -5.72. The average Bonchev–Trinajstić information content (AvgIpc) is 3.10. The molecule has 0 radical (unpaired) electrons. The largest absolute Gasteiger partial charge is 0.0622 e. The molecule has 0 fully saturated rings. The van der Waals surface area contributed by atoms with Gasteiger partial charge in [0.05, 0.1) is 0 Å². The lowest BCUT2D eigenvalue weighted by Crippen LogP contribution is -1.91. The van der Waals surface area contributed by atoms with Crippen molar-refractivity contribution in [2.45, 2.75) is 0 Å². The SMILES string of the molecule is c1ccc(-c2c3ccccc3c(-c3cccc(-c4cc5cc6ccccc6cc5c5ccccc45)c3)c3ccccc23)cc1. The van der Waals surface area contributed by atoms with Gasteiger partial charge in [0.25, 0.3) is 0 Å². The molecule has 0 unspecified atom stereocenters. The van der Waals surface area contributed by atoms with Crippen LogP contribution in [0, 0.1) is 0 Å². The van der Waals surface area contributed by atoms with Gasteiger partial charge in [0.15, 0.2) is 0 Å². The second-order valence-corrected chi connectivity index (χ2v) is 11.7. The van der Waals surface area contributed by atoms with Crippen LogP contribution in [0.15, 0.2) is 170 Å². The minimum Gasteiger partial charge on any atom is -0.0622 e. The average molecular weight is 557 g/mol. The van der Waals surface area contributed by atoms with Gasteiger partial charge >= 0.3 is 0 Å². The molecule has 0 N–H and O–H groups in total. The monoisotopic (exact) mass is 556 g/mol. The molecular weight excluding hydrogens is 528 g/mol. The third-order valence-corrected chi connectivity index (χ3v) is 9.18. The van der Waals surface area contributed by atoms with Crippen molar-refractivity contribution in [3.63, 3.8) is 0 Å². The van der Waals surface area contributed by atoms with Gasteiger partial charge in [0.2, 0.25) is 0 Å². The highest BCUT2D eigenvalue weighted by molar-refractivity contribution is 6.22. The highest BCUT2D eigenvalue weighted by Gasteiger charge is 2.17. The predicted octanol–water partition coefficient (Wildman–Crippen LogP) is 12.5. The quantitative estimate of drug-likeness (QED) is 0.150. The molecule has 0 atom stereocenters. The summed E-state index contributed by atoms with van der Waals surface area (Å²) in [6.07, 6.45) is 0. The first-order chi connectivity index (χ1) is 21.8. The molecule has 0 aliphatic rings. The van der Waals surface area contributed by atoms with Crippen molar-refractivity contribution in [3.05, 3.63) is 170 Å². The van der Waals surface area contributed by atoms with Crippen LogP contribution in [0.4, 0.5) is 0 Å². The summed E-state index contributed by atoms with van der Waals surface area (Å²) in [5, 5.41) is 12.8. The Kier molecular flexibility index (Phi) is 5.61. The molecule has 0 spiro atoms. The first kappa shape index (κ1) is 24.8. The molecule has 0 nitrogen and oxygen atoms in total. The standard InChI is InChI=1S/C44H28/c1-2-13-29(14-3-1)43-37-21-8-10-23-39(37)44(40-24-11-9-22-38(40)43)33-18-12-17-32(26-33)41-28-34-25-30-15-4-5-16-31(30)27-42(34)36-20-7-6-19-35(36)41/h1-28H. The van der Waals surface area contributed by atoms with E-state index in [1.807, 2.05) is 0 Å². The maximum Gasteiger partial charge on any atom is -0.00262 e. The molecule has 44 heavy (non-hydrogen) atoms. The zero-order valence-electron chi connectivity index (χ0n) is 24.2. The molecular formula is C44H28. The van der Waals surface area contributed by atoms with Crippen LogP contribution in [-0.2, 0) is 0 Å². The number of hydrogen-bond donors (Lipinski definition) is 0. The second kappa shape index (κ2) is 9.93. The van der Waals surface area contributed by atoms with Crippen LogP contribution in [0.25, 0.3) is 87.2 Å². The van der Waals surface area contributed by atoms with E-state index in [0.29, 0.717) is 0 Å². The first-order valence-corrected chi connectivity index (χ1v) is 15.3. The van der Waals surface area contributed by atoms with Gasteiger partial charge in [-0.25, -0.2) is 0 Å². The fourth-order valence-corrected chi connectivity index (χ4v) is 7.23. The van der Waals surface area contributed by atoms with Crippen molar-refractivity contribution in [1.82, 2.24) is 0 Å². The van der Waals surface area contributed by atoms with Gasteiger partial charge in [-0.05, 0) is 112 Å². The van der Waals surface area contributed by atoms with Gasteiger partial charge < -0.3 is 0 Å². The van der Waals surface area contributed by atoms with E-state index < -0.39 is 0 Å². The minimum atomic E-state index is 1.23. The van der Waals surface area contributed by atoms with Crippen LogP contribution >= 0.6 is 0 Å². The maximum atomic E-state index is 2.39. The normalized spacial score (nSPS) is 11.6. The molecule has 9 aromatic rings. The van der Waals surface area contributed by atoms with E-state index in [1.54, 1.807) is 0 Å². The summed E-state index contributed by atoms with van der Waals surface area (Å²) < 4.78 is 0. The van der Waals surface area contributed by atoms with E-state index in [2.05, 4.69) is 170 Å². The molecule has 0 heterocycles. The number of hydrogen-bond acceptors (Lipinski definition) is 0. The summed E-state index contributed by atoms with van der Waals surface area (Å²) in [7, 11) is 0. The molecule has 0 heteroatoms. The van der Waals surface area contributed by atoms with E-state index in [0.717, 1.165) is 0 Å². The van der Waals surface area contributed by atoms with Crippen molar-refractivity contribution in [2.24, 2.45) is 0 Å². The van der Waals surface area contributed by atoms with Crippen LogP contribution < -0.4 is 0 Å². The van der Waals surface area contributed by atoms with Crippen LogP contribution in [0.1, 0.15) is 0 Å². The smallest absolute Gasteiger partial charge is 0.00262 e. The molecule has 204 valence electrons. The lowest BCUT2D eigenvalue weighted by Gasteiger charge is -2.18. The zero-order chi connectivity index (χ0) is 29.0. The summed E-state index contributed by atoms with van der Waals surface area (Å²) in [5.74, 6) is 0. The van der Waals surface area contributed by atoms with Crippen LogP contribution in [0.3, 0.4) is 0 Å². The van der Waals surface area contributed by atoms with E-state index in [1.165, 1.54) is 87.2 Å². The summed E-state index contributed by atoms with van der Waals surface area (Å²) in [6, 6.07) is 62.3. The highest BCUT2D eigenvalue weighted by Crippen LogP contribution is 2.45. The topological polar surface area (TPSA) is 0 Å². The Labute approximate surface area is 256 Å². The molecule has 9 aromatic carbocycles. The minimum absolute atomic E-state index is 1.23. The predicted molar refractivity (Wildman–Crippen MR) is 190 cm³/mol. The molecule has 9 rings (SSSR count). The summed E-state index contributed by atoms with van der Waals surface area (Å²) in [4.78, 5) is 0. The van der Waals surface area contributed by atoms with E-state index in [4.69, 9.17) is 0 Å².